The molecule has 0 aliphatic carbocycles. The highest BCUT2D eigenvalue weighted by molar-refractivity contribution is 6.30. The topological polar surface area (TPSA) is 77.7 Å². The highest BCUT2D eigenvalue weighted by atomic mass is 35.5. The van der Waals surface area contributed by atoms with Gasteiger partial charge >= 0.3 is 5.97 Å². The second kappa shape index (κ2) is 12.3. The van der Waals surface area contributed by atoms with Crippen molar-refractivity contribution in [3.05, 3.63) is 51.3 Å². The van der Waals surface area contributed by atoms with Gasteiger partial charge in [0, 0.05) is 61.2 Å². The Labute approximate surface area is 207 Å². The number of aryl methyl sites for hydroxylation is 3. The fourth-order valence-corrected chi connectivity index (χ4v) is 4.73. The van der Waals surface area contributed by atoms with E-state index >= 15 is 0 Å². The van der Waals surface area contributed by atoms with E-state index in [9.17, 15) is 9.59 Å². The van der Waals surface area contributed by atoms with Crippen LogP contribution >= 0.6 is 11.6 Å². The van der Waals surface area contributed by atoms with Crippen molar-refractivity contribution >= 4 is 29.2 Å². The minimum absolute atomic E-state index is 0.0330. The lowest BCUT2D eigenvalue weighted by Gasteiger charge is -2.37. The maximum Gasteiger partial charge on any atom is 0.340 e. The van der Waals surface area contributed by atoms with Crippen molar-refractivity contribution in [3.63, 3.8) is 0 Å². The molecule has 3 rings (SSSR count). The summed E-state index contributed by atoms with van der Waals surface area (Å²) in [5, 5.41) is 3.81. The molecule has 1 aliphatic heterocycles. The first-order valence-electron chi connectivity index (χ1n) is 12.2. The average Bonchev–Trinajstić information content (AvgIpc) is 3.10. The highest BCUT2D eigenvalue weighted by Gasteiger charge is 2.20. The molecule has 0 saturated carbocycles. The monoisotopic (exact) mass is 488 g/mol. The molecule has 2 N–H and O–H groups in total. The summed E-state index contributed by atoms with van der Waals surface area (Å²) in [5.74, 6) is -0.279. The van der Waals surface area contributed by atoms with Crippen LogP contribution in [0.1, 0.15) is 52.6 Å². The number of piperazine rings is 1. The third-order valence-electron chi connectivity index (χ3n) is 6.48. The number of benzene rings is 1. The second-order valence-corrected chi connectivity index (χ2v) is 9.35. The summed E-state index contributed by atoms with van der Waals surface area (Å²) in [6.45, 7) is 13.6. The van der Waals surface area contributed by atoms with Gasteiger partial charge in [-0.1, -0.05) is 17.7 Å². The largest absolute Gasteiger partial charge is 0.462 e. The molecule has 1 aromatic carbocycles. The molecule has 0 atom stereocenters. The number of aromatic nitrogens is 1. The molecule has 7 nitrogen and oxygen atoms in total. The SMILES string of the molecule is CCOC(=O)c1c(C)[nH]c(CCC(=O)NCCCN2CCN(c3cc(Cl)ccc3C)CC2)c1C. The molecular weight excluding hydrogens is 452 g/mol. The number of nitrogens with one attached hydrogen (secondary N) is 2. The summed E-state index contributed by atoms with van der Waals surface area (Å²) in [6.07, 6.45) is 1.89. The van der Waals surface area contributed by atoms with E-state index < -0.39 is 0 Å². The van der Waals surface area contributed by atoms with Crippen LogP contribution in [0.4, 0.5) is 5.69 Å². The Kier molecular flexibility index (Phi) is 9.42. The number of anilines is 1. The smallest absolute Gasteiger partial charge is 0.340 e. The van der Waals surface area contributed by atoms with Crippen LogP contribution in [-0.4, -0.2) is 67.6 Å². The third kappa shape index (κ3) is 6.76. The summed E-state index contributed by atoms with van der Waals surface area (Å²) >= 11 is 6.18. The Morgan fingerprint density at radius 3 is 2.59 bits per heavy atom. The number of H-pyrrole nitrogens is 1. The first-order chi connectivity index (χ1) is 16.3. The first kappa shape index (κ1) is 26.1. The number of esters is 1. The van der Waals surface area contributed by atoms with Gasteiger partial charge < -0.3 is 19.9 Å². The van der Waals surface area contributed by atoms with Crippen LogP contribution in [0.2, 0.25) is 5.02 Å². The lowest BCUT2D eigenvalue weighted by atomic mass is 10.1. The molecule has 186 valence electrons. The zero-order valence-corrected chi connectivity index (χ0v) is 21.6. The molecule has 0 radical (unpaired) electrons. The van der Waals surface area contributed by atoms with Crippen LogP contribution in [0, 0.1) is 20.8 Å². The number of rotatable bonds is 10. The lowest BCUT2D eigenvalue weighted by molar-refractivity contribution is -0.121. The molecule has 0 unspecified atom stereocenters. The molecule has 1 saturated heterocycles. The number of carbonyl (C=O) groups is 2. The summed E-state index contributed by atoms with van der Waals surface area (Å²) in [7, 11) is 0. The number of halogens is 1. The number of nitrogens with zero attached hydrogens (tertiary/aromatic N) is 2. The van der Waals surface area contributed by atoms with Gasteiger partial charge in [0.15, 0.2) is 0 Å². The molecule has 1 fully saturated rings. The van der Waals surface area contributed by atoms with Crippen molar-refractivity contribution in [1.29, 1.82) is 0 Å². The lowest BCUT2D eigenvalue weighted by Crippen LogP contribution is -2.47. The predicted molar refractivity (Wildman–Crippen MR) is 137 cm³/mol. The molecule has 0 bridgehead atoms. The van der Waals surface area contributed by atoms with E-state index in [2.05, 4.69) is 39.2 Å². The second-order valence-electron chi connectivity index (χ2n) is 8.91. The van der Waals surface area contributed by atoms with Crippen LogP contribution in [0.25, 0.3) is 0 Å². The number of hydrogen-bond acceptors (Lipinski definition) is 5. The number of aromatic amines is 1. The van der Waals surface area contributed by atoms with Gasteiger partial charge in [-0.25, -0.2) is 4.79 Å². The Balaban J connectivity index is 1.35. The zero-order chi connectivity index (χ0) is 24.7. The molecule has 34 heavy (non-hydrogen) atoms. The van der Waals surface area contributed by atoms with Gasteiger partial charge in [-0.15, -0.1) is 0 Å². The van der Waals surface area contributed by atoms with Gasteiger partial charge in [-0.05, 0) is 70.3 Å². The minimum Gasteiger partial charge on any atom is -0.462 e. The Morgan fingerprint density at radius 2 is 1.88 bits per heavy atom. The predicted octanol–water partition coefficient (Wildman–Crippen LogP) is 4.03. The van der Waals surface area contributed by atoms with Crippen molar-refractivity contribution < 1.29 is 14.3 Å². The third-order valence-corrected chi connectivity index (χ3v) is 6.72. The summed E-state index contributed by atoms with van der Waals surface area (Å²) in [5.41, 5.74) is 5.64. The van der Waals surface area contributed by atoms with Crippen molar-refractivity contribution in [2.45, 2.75) is 47.0 Å². The summed E-state index contributed by atoms with van der Waals surface area (Å²) < 4.78 is 5.13. The fraction of sp³-hybridized carbons (Fsp3) is 0.538. The van der Waals surface area contributed by atoms with Crippen LogP contribution in [-0.2, 0) is 16.0 Å². The molecule has 1 amide bonds. The molecule has 1 aromatic heterocycles. The average molecular weight is 489 g/mol. The number of ether oxygens (including phenoxy) is 1. The molecule has 0 spiro atoms. The summed E-state index contributed by atoms with van der Waals surface area (Å²) in [6, 6.07) is 6.06. The van der Waals surface area contributed by atoms with Crippen molar-refractivity contribution in [2.24, 2.45) is 0 Å². The standard InChI is InChI=1S/C26H37ClN4O3/c1-5-34-26(33)25-19(3)22(29-20(25)4)9-10-24(32)28-11-6-12-30-13-15-31(16-14-30)23-17-21(27)8-7-18(23)2/h7-8,17,29H,5-6,9-16H2,1-4H3,(H,28,32). The Morgan fingerprint density at radius 1 is 1.15 bits per heavy atom. The fourth-order valence-electron chi connectivity index (χ4n) is 4.57. The summed E-state index contributed by atoms with van der Waals surface area (Å²) in [4.78, 5) is 32.5. The zero-order valence-electron chi connectivity index (χ0n) is 20.8. The first-order valence-corrected chi connectivity index (χ1v) is 12.5. The number of hydrogen-bond donors (Lipinski definition) is 2. The van der Waals surface area contributed by atoms with Crippen LogP contribution in [0.5, 0.6) is 0 Å². The van der Waals surface area contributed by atoms with Gasteiger partial charge in [0.2, 0.25) is 5.91 Å². The van der Waals surface area contributed by atoms with E-state index in [0.29, 0.717) is 31.6 Å². The van der Waals surface area contributed by atoms with Gasteiger partial charge in [-0.3, -0.25) is 9.69 Å². The van der Waals surface area contributed by atoms with E-state index in [-0.39, 0.29) is 11.9 Å². The van der Waals surface area contributed by atoms with Crippen molar-refractivity contribution in [2.75, 3.05) is 50.8 Å². The van der Waals surface area contributed by atoms with Crippen LogP contribution in [0.15, 0.2) is 18.2 Å². The number of carbonyl (C=O) groups excluding carboxylic acids is 2. The number of amides is 1. The van der Waals surface area contributed by atoms with E-state index in [1.165, 1.54) is 11.3 Å². The van der Waals surface area contributed by atoms with Gasteiger partial charge in [0.1, 0.15) is 0 Å². The molecule has 1 aliphatic rings. The van der Waals surface area contributed by atoms with Crippen LogP contribution in [0.3, 0.4) is 0 Å². The van der Waals surface area contributed by atoms with E-state index in [1.807, 2.05) is 19.9 Å². The Bertz CT molecular complexity index is 996. The van der Waals surface area contributed by atoms with Gasteiger partial charge in [0.25, 0.3) is 0 Å². The van der Waals surface area contributed by atoms with Crippen LogP contribution < -0.4 is 10.2 Å². The van der Waals surface area contributed by atoms with E-state index in [4.69, 9.17) is 16.3 Å². The van der Waals surface area contributed by atoms with Gasteiger partial charge in [-0.2, -0.15) is 0 Å². The maximum atomic E-state index is 12.3. The van der Waals surface area contributed by atoms with E-state index in [0.717, 1.165) is 61.1 Å². The molecule has 2 aromatic rings. The maximum absolute atomic E-state index is 12.3. The molecule has 8 heteroatoms. The highest BCUT2D eigenvalue weighted by Crippen LogP contribution is 2.25. The quantitative estimate of drug-likeness (QED) is 0.390. The van der Waals surface area contributed by atoms with Gasteiger partial charge in [0.05, 0.1) is 12.2 Å². The van der Waals surface area contributed by atoms with E-state index in [1.54, 1.807) is 6.92 Å². The molecular formula is C26H37ClN4O3. The van der Waals surface area contributed by atoms with Crippen molar-refractivity contribution in [3.8, 4) is 0 Å². The van der Waals surface area contributed by atoms with Crippen molar-refractivity contribution in [1.82, 2.24) is 15.2 Å². The Hall–Kier alpha value is -2.51. The minimum atomic E-state index is -0.312. The normalized spacial score (nSPS) is 14.3. The molecule has 2 heterocycles.